The predicted octanol–water partition coefficient (Wildman–Crippen LogP) is 1.65. The van der Waals surface area contributed by atoms with Gasteiger partial charge in [0.05, 0.1) is 12.9 Å². The third-order valence-electron chi connectivity index (χ3n) is 2.48. The van der Waals surface area contributed by atoms with Gasteiger partial charge in [-0.05, 0) is 24.3 Å². The lowest BCUT2D eigenvalue weighted by atomic mass is 10.3. The lowest BCUT2D eigenvalue weighted by molar-refractivity contribution is 0.263. The zero-order chi connectivity index (χ0) is 10.8. The molecule has 0 N–H and O–H groups in total. The fourth-order valence-corrected chi connectivity index (χ4v) is 1.48. The molecule has 0 spiro atoms. The maximum absolute atomic E-state index is 5.55. The van der Waals surface area contributed by atoms with Crippen LogP contribution in [0.1, 0.15) is 0 Å². The highest BCUT2D eigenvalue weighted by molar-refractivity contribution is 5.37. The molecular weight excluding hydrogens is 204 g/mol. The van der Waals surface area contributed by atoms with Crippen molar-refractivity contribution in [3.8, 4) is 11.4 Å². The number of ether oxygens (including phenoxy) is 2. The zero-order valence-electron chi connectivity index (χ0n) is 8.74. The lowest BCUT2D eigenvalue weighted by Crippen LogP contribution is -2.03. The molecule has 1 atom stereocenters. The molecule has 1 saturated heterocycles. The van der Waals surface area contributed by atoms with Gasteiger partial charge in [-0.15, -0.1) is 0 Å². The first kappa shape index (κ1) is 9.42. The van der Waals surface area contributed by atoms with Gasteiger partial charge in [-0.1, -0.05) is 0 Å². The Kier molecular flexibility index (Phi) is 2.34. The van der Waals surface area contributed by atoms with E-state index in [4.69, 9.17) is 9.47 Å². The third-order valence-corrected chi connectivity index (χ3v) is 2.48. The summed E-state index contributed by atoms with van der Waals surface area (Å²) in [7, 11) is 0. The SMILES string of the molecule is c1cn(-c2ccc(OC[C@@H]3CO3)cc2)cn1. The Labute approximate surface area is 93.4 Å². The van der Waals surface area contributed by atoms with Gasteiger partial charge in [0.25, 0.3) is 0 Å². The minimum atomic E-state index is 0.299. The van der Waals surface area contributed by atoms with Crippen molar-refractivity contribution in [2.24, 2.45) is 0 Å². The van der Waals surface area contributed by atoms with E-state index < -0.39 is 0 Å². The van der Waals surface area contributed by atoms with Crippen LogP contribution in [0.3, 0.4) is 0 Å². The summed E-state index contributed by atoms with van der Waals surface area (Å²) in [6, 6.07) is 7.92. The average molecular weight is 216 g/mol. The number of hydrogen-bond acceptors (Lipinski definition) is 3. The largest absolute Gasteiger partial charge is 0.491 e. The third kappa shape index (κ3) is 2.06. The van der Waals surface area contributed by atoms with Crippen molar-refractivity contribution < 1.29 is 9.47 Å². The van der Waals surface area contributed by atoms with Crippen LogP contribution in [0, 0.1) is 0 Å². The average Bonchev–Trinajstić information content (AvgIpc) is 3.00. The summed E-state index contributed by atoms with van der Waals surface area (Å²) in [6.45, 7) is 1.47. The number of rotatable bonds is 4. The molecule has 1 aliphatic rings. The molecule has 4 heteroatoms. The number of hydrogen-bond donors (Lipinski definition) is 0. The summed E-state index contributed by atoms with van der Waals surface area (Å²) in [5, 5.41) is 0. The van der Waals surface area contributed by atoms with Crippen molar-refractivity contribution in [1.82, 2.24) is 9.55 Å². The Morgan fingerprint density at radius 2 is 2.19 bits per heavy atom. The van der Waals surface area contributed by atoms with Crippen LogP contribution < -0.4 is 4.74 Å². The van der Waals surface area contributed by atoms with E-state index in [2.05, 4.69) is 4.98 Å². The first-order valence-electron chi connectivity index (χ1n) is 5.24. The Morgan fingerprint density at radius 1 is 1.38 bits per heavy atom. The van der Waals surface area contributed by atoms with Crippen LogP contribution in [0.25, 0.3) is 5.69 Å². The normalized spacial score (nSPS) is 18.4. The van der Waals surface area contributed by atoms with Crippen molar-refractivity contribution in [1.29, 1.82) is 0 Å². The van der Waals surface area contributed by atoms with Gasteiger partial charge in [0.15, 0.2) is 0 Å². The second-order valence-corrected chi connectivity index (χ2v) is 3.73. The lowest BCUT2D eigenvalue weighted by Gasteiger charge is -2.06. The molecule has 0 bridgehead atoms. The van der Waals surface area contributed by atoms with Gasteiger partial charge >= 0.3 is 0 Å². The highest BCUT2D eigenvalue weighted by Gasteiger charge is 2.22. The summed E-state index contributed by atoms with van der Waals surface area (Å²) in [4.78, 5) is 4.00. The molecule has 4 nitrogen and oxygen atoms in total. The fraction of sp³-hybridized carbons (Fsp3) is 0.250. The Bertz CT molecular complexity index is 446. The summed E-state index contributed by atoms with van der Waals surface area (Å²) in [6.07, 6.45) is 5.74. The van der Waals surface area contributed by atoms with Crippen LogP contribution in [0.4, 0.5) is 0 Å². The van der Waals surface area contributed by atoms with Crippen molar-refractivity contribution >= 4 is 0 Å². The molecule has 0 saturated carbocycles. The number of benzene rings is 1. The highest BCUT2D eigenvalue weighted by Crippen LogP contribution is 2.17. The molecule has 0 radical (unpaired) electrons. The van der Waals surface area contributed by atoms with Crippen LogP contribution in [0.2, 0.25) is 0 Å². The van der Waals surface area contributed by atoms with Crippen molar-refractivity contribution in [3.05, 3.63) is 43.0 Å². The minimum Gasteiger partial charge on any atom is -0.491 e. The van der Waals surface area contributed by atoms with Crippen LogP contribution in [-0.2, 0) is 4.74 Å². The Hall–Kier alpha value is -1.81. The van der Waals surface area contributed by atoms with E-state index in [1.807, 2.05) is 35.0 Å². The number of imidazole rings is 1. The van der Waals surface area contributed by atoms with E-state index >= 15 is 0 Å². The molecule has 1 aromatic carbocycles. The van der Waals surface area contributed by atoms with E-state index in [1.165, 1.54) is 0 Å². The molecular formula is C12H12N2O2. The van der Waals surface area contributed by atoms with Crippen molar-refractivity contribution in [3.63, 3.8) is 0 Å². The molecule has 82 valence electrons. The molecule has 0 amide bonds. The zero-order valence-corrected chi connectivity index (χ0v) is 8.74. The van der Waals surface area contributed by atoms with Crippen molar-refractivity contribution in [2.75, 3.05) is 13.2 Å². The standard InChI is InChI=1S/C12H12N2O2/c1-3-11(15-7-12-8-16-12)4-2-10(1)14-6-5-13-9-14/h1-6,9,12H,7-8H2/t12-/m1/s1. The van der Waals surface area contributed by atoms with E-state index in [1.54, 1.807) is 12.5 Å². The van der Waals surface area contributed by atoms with Gasteiger partial charge in [0.1, 0.15) is 18.5 Å². The van der Waals surface area contributed by atoms with Gasteiger partial charge in [-0.2, -0.15) is 0 Å². The molecule has 3 rings (SSSR count). The summed E-state index contributed by atoms with van der Waals surface area (Å²) in [5.41, 5.74) is 1.08. The number of aromatic nitrogens is 2. The maximum atomic E-state index is 5.55. The highest BCUT2D eigenvalue weighted by atomic mass is 16.6. The molecule has 0 aliphatic carbocycles. The summed E-state index contributed by atoms with van der Waals surface area (Å²) >= 11 is 0. The van der Waals surface area contributed by atoms with Crippen LogP contribution >= 0.6 is 0 Å². The van der Waals surface area contributed by atoms with Crippen molar-refractivity contribution in [2.45, 2.75) is 6.10 Å². The van der Waals surface area contributed by atoms with E-state index in [-0.39, 0.29) is 0 Å². The summed E-state index contributed by atoms with van der Waals surface area (Å²) < 4.78 is 12.6. The topological polar surface area (TPSA) is 39.6 Å². The summed E-state index contributed by atoms with van der Waals surface area (Å²) in [5.74, 6) is 0.874. The van der Waals surface area contributed by atoms with E-state index in [0.29, 0.717) is 12.7 Å². The molecule has 1 aliphatic heterocycles. The van der Waals surface area contributed by atoms with Gasteiger partial charge in [0, 0.05) is 18.1 Å². The van der Waals surface area contributed by atoms with Crippen LogP contribution in [-0.4, -0.2) is 28.9 Å². The smallest absolute Gasteiger partial charge is 0.119 e. The van der Waals surface area contributed by atoms with Gasteiger partial charge in [-0.25, -0.2) is 4.98 Å². The second-order valence-electron chi connectivity index (χ2n) is 3.73. The number of nitrogens with zero attached hydrogens (tertiary/aromatic N) is 2. The monoisotopic (exact) mass is 216 g/mol. The quantitative estimate of drug-likeness (QED) is 0.729. The molecule has 2 heterocycles. The van der Waals surface area contributed by atoms with Gasteiger partial charge < -0.3 is 14.0 Å². The van der Waals surface area contributed by atoms with Gasteiger partial charge in [0.2, 0.25) is 0 Å². The fourth-order valence-electron chi connectivity index (χ4n) is 1.48. The van der Waals surface area contributed by atoms with E-state index in [9.17, 15) is 0 Å². The first-order valence-corrected chi connectivity index (χ1v) is 5.24. The Morgan fingerprint density at radius 3 is 2.81 bits per heavy atom. The second kappa shape index (κ2) is 3.98. The first-order chi connectivity index (χ1) is 7.92. The van der Waals surface area contributed by atoms with Gasteiger partial charge in [-0.3, -0.25) is 0 Å². The van der Waals surface area contributed by atoms with Crippen LogP contribution in [0.15, 0.2) is 43.0 Å². The molecule has 2 aromatic rings. The predicted molar refractivity (Wildman–Crippen MR) is 58.8 cm³/mol. The van der Waals surface area contributed by atoms with E-state index in [0.717, 1.165) is 18.0 Å². The van der Waals surface area contributed by atoms with Crippen LogP contribution in [0.5, 0.6) is 5.75 Å². The number of epoxide rings is 1. The minimum absolute atomic E-state index is 0.299. The molecule has 0 unspecified atom stereocenters. The molecule has 16 heavy (non-hydrogen) atoms. The molecule has 1 fully saturated rings. The maximum Gasteiger partial charge on any atom is 0.119 e. The Balaban J connectivity index is 1.69. The molecule has 1 aromatic heterocycles.